The zero-order valence-corrected chi connectivity index (χ0v) is 20.5. The van der Waals surface area contributed by atoms with E-state index in [-0.39, 0.29) is 10.8 Å². The van der Waals surface area contributed by atoms with Crippen LogP contribution in [0.4, 0.5) is 5.69 Å². The second-order valence-electron chi connectivity index (χ2n) is 9.01. The normalized spacial score (nSPS) is 18.4. The van der Waals surface area contributed by atoms with Crippen LogP contribution in [0.25, 0.3) is 0 Å². The van der Waals surface area contributed by atoms with Crippen LogP contribution in [0.15, 0.2) is 47.4 Å². The number of para-hydroxylation sites is 2. The Balaban J connectivity index is 1.49. The van der Waals surface area contributed by atoms with Crippen LogP contribution in [0, 0.1) is 12.8 Å². The van der Waals surface area contributed by atoms with Gasteiger partial charge in [-0.05, 0) is 55.5 Å². The van der Waals surface area contributed by atoms with Crippen LogP contribution in [-0.4, -0.2) is 69.9 Å². The Bertz CT molecular complexity index is 1100. The number of nitrogens with zero attached hydrogens (tertiary/aromatic N) is 3. The zero-order chi connectivity index (χ0) is 23.6. The number of methoxy groups -OCH3 is 1. The van der Waals surface area contributed by atoms with Gasteiger partial charge < -0.3 is 14.5 Å². The van der Waals surface area contributed by atoms with Gasteiger partial charge in [-0.3, -0.25) is 4.79 Å². The summed E-state index contributed by atoms with van der Waals surface area (Å²) in [6.07, 6.45) is 1.74. The van der Waals surface area contributed by atoms with Gasteiger partial charge in [0.05, 0.1) is 17.7 Å². The number of hydrogen-bond acceptors (Lipinski definition) is 5. The fraction of sp³-hybridized carbons (Fsp3) is 0.480. The minimum absolute atomic E-state index is 0.114. The van der Waals surface area contributed by atoms with Gasteiger partial charge in [0.2, 0.25) is 10.0 Å². The molecule has 0 radical (unpaired) electrons. The van der Waals surface area contributed by atoms with Crippen molar-refractivity contribution in [1.82, 2.24) is 9.21 Å². The fourth-order valence-corrected chi connectivity index (χ4v) is 6.07. The Morgan fingerprint density at radius 1 is 0.970 bits per heavy atom. The molecule has 0 saturated carbocycles. The molecule has 2 aromatic carbocycles. The average Bonchev–Trinajstić information content (AvgIpc) is 2.84. The predicted molar refractivity (Wildman–Crippen MR) is 129 cm³/mol. The molecule has 7 nitrogen and oxygen atoms in total. The zero-order valence-electron chi connectivity index (χ0n) is 19.7. The molecule has 0 spiro atoms. The Morgan fingerprint density at radius 2 is 1.64 bits per heavy atom. The summed E-state index contributed by atoms with van der Waals surface area (Å²) >= 11 is 0. The summed E-state index contributed by atoms with van der Waals surface area (Å²) in [6, 6.07) is 12.8. The molecule has 0 atom stereocenters. The molecule has 2 fully saturated rings. The largest absolute Gasteiger partial charge is 0.495 e. The molecular weight excluding hydrogens is 438 g/mol. The van der Waals surface area contributed by atoms with Crippen molar-refractivity contribution in [3.63, 3.8) is 0 Å². The standard InChI is InChI=1S/C25H33N3O4S/c1-19-10-12-28(13-11-19)33(30,31)21-9-8-20(2)22(18-21)25(29)27-16-14-26(15-17-27)23-6-4-5-7-24(23)32-3/h4-9,18-19H,10-17H2,1-3H3. The van der Waals surface area contributed by atoms with Crippen LogP contribution in [0.5, 0.6) is 5.75 Å². The number of sulfonamides is 1. The third kappa shape index (κ3) is 4.87. The SMILES string of the molecule is COc1ccccc1N1CCN(C(=O)c2cc(S(=O)(=O)N3CCC(C)CC3)ccc2C)CC1. The molecule has 0 aromatic heterocycles. The first kappa shape index (κ1) is 23.6. The third-order valence-corrected chi connectivity index (χ3v) is 8.71. The maximum Gasteiger partial charge on any atom is 0.254 e. The van der Waals surface area contributed by atoms with E-state index in [1.165, 1.54) is 0 Å². The minimum Gasteiger partial charge on any atom is -0.495 e. The first-order valence-corrected chi connectivity index (χ1v) is 13.0. The monoisotopic (exact) mass is 471 g/mol. The van der Waals surface area contributed by atoms with Gasteiger partial charge in [-0.1, -0.05) is 25.1 Å². The summed E-state index contributed by atoms with van der Waals surface area (Å²) < 4.78 is 33.4. The van der Waals surface area contributed by atoms with Gasteiger partial charge in [0.1, 0.15) is 5.75 Å². The van der Waals surface area contributed by atoms with Crippen LogP contribution in [0.2, 0.25) is 0 Å². The molecule has 2 aliphatic rings. The summed E-state index contributed by atoms with van der Waals surface area (Å²) in [5, 5.41) is 0. The van der Waals surface area contributed by atoms with Crippen LogP contribution in [0.1, 0.15) is 35.7 Å². The molecule has 1 amide bonds. The number of ether oxygens (including phenoxy) is 1. The van der Waals surface area contributed by atoms with Gasteiger partial charge in [-0.2, -0.15) is 4.31 Å². The minimum atomic E-state index is -3.60. The Morgan fingerprint density at radius 3 is 2.30 bits per heavy atom. The van der Waals surface area contributed by atoms with Gasteiger partial charge in [-0.25, -0.2) is 8.42 Å². The van der Waals surface area contributed by atoms with Crippen LogP contribution in [0.3, 0.4) is 0 Å². The van der Waals surface area contributed by atoms with Crippen molar-refractivity contribution in [1.29, 1.82) is 0 Å². The summed E-state index contributed by atoms with van der Waals surface area (Å²) in [5.41, 5.74) is 2.28. The topological polar surface area (TPSA) is 70.2 Å². The van der Waals surface area contributed by atoms with Crippen LogP contribution in [-0.2, 0) is 10.0 Å². The lowest BCUT2D eigenvalue weighted by atomic mass is 10.0. The van der Waals surface area contributed by atoms with Gasteiger partial charge in [0.15, 0.2) is 0 Å². The average molecular weight is 472 g/mol. The van der Waals surface area contributed by atoms with Crippen molar-refractivity contribution in [3.05, 3.63) is 53.6 Å². The number of hydrogen-bond donors (Lipinski definition) is 0. The molecule has 4 rings (SSSR count). The molecule has 0 aliphatic carbocycles. The maximum absolute atomic E-state index is 13.4. The molecule has 2 aliphatic heterocycles. The van der Waals surface area contributed by atoms with E-state index in [0.717, 1.165) is 29.8 Å². The highest BCUT2D eigenvalue weighted by molar-refractivity contribution is 7.89. The first-order valence-electron chi connectivity index (χ1n) is 11.6. The van der Waals surface area contributed by atoms with E-state index in [0.29, 0.717) is 50.7 Å². The van der Waals surface area contributed by atoms with E-state index < -0.39 is 10.0 Å². The summed E-state index contributed by atoms with van der Waals surface area (Å²) in [5.74, 6) is 1.25. The highest BCUT2D eigenvalue weighted by Crippen LogP contribution is 2.29. The predicted octanol–water partition coefficient (Wildman–Crippen LogP) is 3.39. The van der Waals surface area contributed by atoms with E-state index >= 15 is 0 Å². The Hall–Kier alpha value is -2.58. The van der Waals surface area contributed by atoms with Crippen molar-refractivity contribution < 1.29 is 17.9 Å². The van der Waals surface area contributed by atoms with E-state index in [2.05, 4.69) is 11.8 Å². The second-order valence-corrected chi connectivity index (χ2v) is 11.0. The number of amides is 1. The highest BCUT2D eigenvalue weighted by atomic mass is 32.2. The van der Waals surface area contributed by atoms with Crippen LogP contribution >= 0.6 is 0 Å². The molecular formula is C25H33N3O4S. The van der Waals surface area contributed by atoms with E-state index in [9.17, 15) is 13.2 Å². The van der Waals surface area contributed by atoms with Crippen molar-refractivity contribution in [3.8, 4) is 5.75 Å². The number of carbonyl (C=O) groups is 1. The van der Waals surface area contributed by atoms with Gasteiger partial charge >= 0.3 is 0 Å². The molecule has 0 unspecified atom stereocenters. The smallest absolute Gasteiger partial charge is 0.254 e. The van der Waals surface area contributed by atoms with Crippen molar-refractivity contribution in [2.75, 3.05) is 51.3 Å². The lowest BCUT2D eigenvalue weighted by molar-refractivity contribution is 0.0745. The fourth-order valence-electron chi connectivity index (χ4n) is 4.58. The van der Waals surface area contributed by atoms with Gasteiger partial charge in [0, 0.05) is 44.8 Å². The van der Waals surface area contributed by atoms with Gasteiger partial charge in [-0.15, -0.1) is 0 Å². The molecule has 0 N–H and O–H groups in total. The lowest BCUT2D eigenvalue weighted by Crippen LogP contribution is -2.49. The summed E-state index contributed by atoms with van der Waals surface area (Å²) in [6.45, 7) is 7.59. The Kier molecular flexibility index (Phi) is 6.95. The molecule has 0 bridgehead atoms. The van der Waals surface area contributed by atoms with Crippen LogP contribution < -0.4 is 9.64 Å². The summed E-state index contributed by atoms with van der Waals surface area (Å²) in [7, 11) is -1.94. The second kappa shape index (κ2) is 9.73. The molecule has 2 saturated heterocycles. The van der Waals surface area contributed by atoms with E-state index in [4.69, 9.17) is 4.74 Å². The summed E-state index contributed by atoms with van der Waals surface area (Å²) in [4.78, 5) is 17.6. The number of anilines is 1. The quantitative estimate of drug-likeness (QED) is 0.669. The molecule has 2 aromatic rings. The van der Waals surface area contributed by atoms with Crippen molar-refractivity contribution in [2.45, 2.75) is 31.6 Å². The third-order valence-electron chi connectivity index (χ3n) is 6.81. The lowest BCUT2D eigenvalue weighted by Gasteiger charge is -2.37. The van der Waals surface area contributed by atoms with Gasteiger partial charge in [0.25, 0.3) is 5.91 Å². The maximum atomic E-state index is 13.4. The van der Waals surface area contributed by atoms with E-state index in [1.54, 1.807) is 29.6 Å². The van der Waals surface area contributed by atoms with E-state index in [1.807, 2.05) is 36.1 Å². The molecule has 2 heterocycles. The molecule has 33 heavy (non-hydrogen) atoms. The first-order chi connectivity index (χ1) is 15.8. The van der Waals surface area contributed by atoms with Crippen molar-refractivity contribution in [2.24, 2.45) is 5.92 Å². The molecule has 178 valence electrons. The Labute approximate surface area is 197 Å². The number of carbonyl (C=O) groups excluding carboxylic acids is 1. The number of piperazine rings is 1. The number of piperidine rings is 1. The number of aryl methyl sites for hydroxylation is 1. The number of rotatable bonds is 5. The molecule has 8 heteroatoms. The highest BCUT2D eigenvalue weighted by Gasteiger charge is 2.30. The van der Waals surface area contributed by atoms with Crippen molar-refractivity contribution >= 4 is 21.6 Å². The number of benzene rings is 2.